The molecular weight excluding hydrogens is 496 g/mol. The molecular formula is C22H32N4O7S2. The molecule has 1 rings (SSSR count). The fourth-order valence-electron chi connectivity index (χ4n) is 2.98. The highest BCUT2D eigenvalue weighted by Gasteiger charge is 2.30. The number of carbonyl (C=O) groups is 5. The predicted octanol–water partition coefficient (Wildman–Crippen LogP) is -0.357. The first-order chi connectivity index (χ1) is 16.6. The van der Waals surface area contributed by atoms with Gasteiger partial charge in [0.2, 0.25) is 17.7 Å². The highest BCUT2D eigenvalue weighted by molar-refractivity contribution is 7.98. The summed E-state index contributed by atoms with van der Waals surface area (Å²) in [6, 6.07) is 4.33. The molecule has 1 aromatic carbocycles. The zero-order valence-electron chi connectivity index (χ0n) is 19.3. The lowest BCUT2D eigenvalue weighted by molar-refractivity contribution is -0.141. The van der Waals surface area contributed by atoms with Crippen molar-refractivity contribution in [3.63, 3.8) is 0 Å². The molecule has 0 aliphatic carbocycles. The van der Waals surface area contributed by atoms with E-state index in [1.165, 1.54) is 11.8 Å². The molecule has 0 saturated carbocycles. The second-order valence-electron chi connectivity index (χ2n) is 7.71. The molecule has 0 spiro atoms. The minimum absolute atomic E-state index is 0.0926. The van der Waals surface area contributed by atoms with Crippen molar-refractivity contribution >= 4 is 54.1 Å². The van der Waals surface area contributed by atoms with Crippen LogP contribution in [0.4, 0.5) is 0 Å². The average Bonchev–Trinajstić information content (AvgIpc) is 2.82. The Morgan fingerprint density at radius 3 is 2.03 bits per heavy atom. The number of hydrogen-bond donors (Lipinski definition) is 7. The van der Waals surface area contributed by atoms with Crippen LogP contribution in [0.15, 0.2) is 30.3 Å². The van der Waals surface area contributed by atoms with Gasteiger partial charge in [0, 0.05) is 18.6 Å². The molecule has 3 amide bonds. The molecule has 0 fully saturated rings. The first-order valence-electron chi connectivity index (χ1n) is 10.8. The van der Waals surface area contributed by atoms with Crippen LogP contribution < -0.4 is 21.7 Å². The Morgan fingerprint density at radius 2 is 1.49 bits per heavy atom. The van der Waals surface area contributed by atoms with Gasteiger partial charge in [0.15, 0.2) is 0 Å². The molecule has 0 aliphatic heterocycles. The number of amides is 3. The van der Waals surface area contributed by atoms with Crippen molar-refractivity contribution < 1.29 is 34.2 Å². The van der Waals surface area contributed by atoms with Crippen molar-refractivity contribution in [2.75, 3.05) is 17.8 Å². The van der Waals surface area contributed by atoms with Crippen molar-refractivity contribution in [3.8, 4) is 0 Å². The van der Waals surface area contributed by atoms with E-state index in [0.29, 0.717) is 5.75 Å². The van der Waals surface area contributed by atoms with Crippen LogP contribution in [0.3, 0.4) is 0 Å². The highest BCUT2D eigenvalue weighted by Crippen LogP contribution is 2.07. The normalized spacial score (nSPS) is 14.1. The second kappa shape index (κ2) is 16.0. The minimum atomic E-state index is -1.26. The molecule has 13 heteroatoms. The number of carbonyl (C=O) groups excluding carboxylic acids is 3. The van der Waals surface area contributed by atoms with Crippen LogP contribution in [0.25, 0.3) is 0 Å². The number of hydrogen-bond acceptors (Lipinski definition) is 8. The number of carboxylic acid groups (broad SMARTS) is 2. The summed E-state index contributed by atoms with van der Waals surface area (Å²) in [5.41, 5.74) is 6.52. The molecule has 11 nitrogen and oxygen atoms in total. The zero-order chi connectivity index (χ0) is 26.4. The Hall–Kier alpha value is -2.77. The van der Waals surface area contributed by atoms with Gasteiger partial charge in [-0.25, -0.2) is 4.79 Å². The van der Waals surface area contributed by atoms with Crippen molar-refractivity contribution in [1.82, 2.24) is 16.0 Å². The number of nitrogens with two attached hydrogens (primary N) is 1. The van der Waals surface area contributed by atoms with Crippen molar-refractivity contribution in [2.45, 2.75) is 49.9 Å². The molecule has 4 unspecified atom stereocenters. The molecule has 7 N–H and O–H groups in total. The quantitative estimate of drug-likeness (QED) is 0.141. The smallest absolute Gasteiger partial charge is 0.327 e. The Labute approximate surface area is 213 Å². The number of aliphatic carboxylic acids is 2. The maximum absolute atomic E-state index is 13.2. The van der Waals surface area contributed by atoms with E-state index < -0.39 is 53.8 Å². The number of benzene rings is 1. The number of rotatable bonds is 16. The van der Waals surface area contributed by atoms with Gasteiger partial charge < -0.3 is 31.9 Å². The molecule has 0 aliphatic rings. The van der Waals surface area contributed by atoms with E-state index in [-0.39, 0.29) is 31.4 Å². The molecule has 0 heterocycles. The van der Waals surface area contributed by atoms with Gasteiger partial charge in [0.25, 0.3) is 0 Å². The monoisotopic (exact) mass is 528 g/mol. The molecule has 35 heavy (non-hydrogen) atoms. The number of thioether (sulfide) groups is 1. The summed E-state index contributed by atoms with van der Waals surface area (Å²) in [5.74, 6) is -4.03. The van der Waals surface area contributed by atoms with E-state index in [1.54, 1.807) is 30.3 Å². The van der Waals surface area contributed by atoms with Gasteiger partial charge >= 0.3 is 11.9 Å². The van der Waals surface area contributed by atoms with Gasteiger partial charge in [-0.15, -0.1) is 0 Å². The fraction of sp³-hybridized carbons (Fsp3) is 0.500. The van der Waals surface area contributed by atoms with E-state index >= 15 is 0 Å². The second-order valence-corrected chi connectivity index (χ2v) is 9.07. The summed E-state index contributed by atoms with van der Waals surface area (Å²) in [5, 5.41) is 25.5. The van der Waals surface area contributed by atoms with E-state index in [2.05, 4.69) is 28.6 Å². The molecule has 0 aromatic heterocycles. The van der Waals surface area contributed by atoms with Crippen LogP contribution in [0, 0.1) is 0 Å². The third-order valence-corrected chi connectivity index (χ3v) is 5.97. The number of carboxylic acids is 2. The predicted molar refractivity (Wildman–Crippen MR) is 135 cm³/mol. The van der Waals surface area contributed by atoms with Gasteiger partial charge in [0.05, 0.1) is 6.04 Å². The Bertz CT molecular complexity index is 873. The van der Waals surface area contributed by atoms with Crippen LogP contribution in [-0.2, 0) is 30.4 Å². The van der Waals surface area contributed by atoms with E-state index in [1.807, 2.05) is 6.26 Å². The van der Waals surface area contributed by atoms with Crippen LogP contribution in [-0.4, -0.2) is 81.8 Å². The Kier molecular flexibility index (Phi) is 13.8. The van der Waals surface area contributed by atoms with E-state index in [9.17, 15) is 29.1 Å². The van der Waals surface area contributed by atoms with Crippen LogP contribution >= 0.6 is 24.4 Å². The Morgan fingerprint density at radius 1 is 0.914 bits per heavy atom. The van der Waals surface area contributed by atoms with Gasteiger partial charge in [-0.2, -0.15) is 24.4 Å². The highest BCUT2D eigenvalue weighted by atomic mass is 32.2. The SMILES string of the molecule is CSCCC(NC(=O)C(Cc1ccccc1)NC(=O)C(N)CCC(=O)O)C(=O)NC(CS)C(=O)O. The van der Waals surface area contributed by atoms with Crippen molar-refractivity contribution in [1.29, 1.82) is 0 Å². The maximum Gasteiger partial charge on any atom is 0.327 e. The van der Waals surface area contributed by atoms with E-state index in [0.717, 1.165) is 5.56 Å². The standard InChI is InChI=1S/C22H32N4O7S2/c1-35-10-9-15(20(30)26-17(12-34)22(32)33)24-21(31)16(11-13-5-3-2-4-6-13)25-19(29)14(23)7-8-18(27)28/h2-6,14-17,34H,7-12,23H2,1H3,(H,24,31)(H,25,29)(H,26,30)(H,27,28)(H,32,33). The third-order valence-electron chi connectivity index (χ3n) is 4.96. The first-order valence-corrected chi connectivity index (χ1v) is 12.9. The van der Waals surface area contributed by atoms with E-state index in [4.69, 9.17) is 10.8 Å². The van der Waals surface area contributed by atoms with Crippen molar-refractivity contribution in [2.24, 2.45) is 5.73 Å². The summed E-state index contributed by atoms with van der Waals surface area (Å²) in [4.78, 5) is 60.5. The number of thiol groups is 1. The molecule has 0 radical (unpaired) electrons. The molecule has 194 valence electrons. The fourth-order valence-corrected chi connectivity index (χ4v) is 3.70. The van der Waals surface area contributed by atoms with Crippen LogP contribution in [0.5, 0.6) is 0 Å². The topological polar surface area (TPSA) is 188 Å². The lowest BCUT2D eigenvalue weighted by Gasteiger charge is -2.25. The Balaban J connectivity index is 3.03. The van der Waals surface area contributed by atoms with Gasteiger partial charge in [-0.05, 0) is 30.4 Å². The minimum Gasteiger partial charge on any atom is -0.481 e. The molecule has 4 atom stereocenters. The average molecular weight is 529 g/mol. The summed E-state index contributed by atoms with van der Waals surface area (Å²) in [6.45, 7) is 0. The van der Waals surface area contributed by atoms with Crippen LogP contribution in [0.1, 0.15) is 24.8 Å². The summed E-state index contributed by atoms with van der Waals surface area (Å²) < 4.78 is 0. The van der Waals surface area contributed by atoms with Crippen molar-refractivity contribution in [3.05, 3.63) is 35.9 Å². The summed E-state index contributed by atoms with van der Waals surface area (Å²) in [6.07, 6.45) is 1.72. The molecule has 1 aromatic rings. The summed E-state index contributed by atoms with van der Waals surface area (Å²) in [7, 11) is 0. The number of nitrogens with one attached hydrogen (secondary N) is 3. The van der Waals surface area contributed by atoms with Gasteiger partial charge in [-0.1, -0.05) is 30.3 Å². The zero-order valence-corrected chi connectivity index (χ0v) is 21.0. The first kappa shape index (κ1) is 30.3. The summed E-state index contributed by atoms with van der Waals surface area (Å²) >= 11 is 5.37. The van der Waals surface area contributed by atoms with Gasteiger partial charge in [0.1, 0.15) is 18.1 Å². The molecule has 0 bridgehead atoms. The lowest BCUT2D eigenvalue weighted by Crippen LogP contribution is -2.58. The van der Waals surface area contributed by atoms with Crippen LogP contribution in [0.2, 0.25) is 0 Å². The van der Waals surface area contributed by atoms with Gasteiger partial charge in [-0.3, -0.25) is 19.2 Å². The molecule has 0 saturated heterocycles. The largest absolute Gasteiger partial charge is 0.481 e. The maximum atomic E-state index is 13.2. The lowest BCUT2D eigenvalue weighted by atomic mass is 10.0. The third kappa shape index (κ3) is 11.5.